The Balaban J connectivity index is 1.43. The van der Waals surface area contributed by atoms with Crippen LogP contribution in [0.5, 0.6) is 0 Å². The van der Waals surface area contributed by atoms with Crippen molar-refractivity contribution in [3.05, 3.63) is 163 Å². The van der Waals surface area contributed by atoms with E-state index in [0.29, 0.717) is 17.6 Å². The van der Waals surface area contributed by atoms with E-state index in [0.717, 1.165) is 34.0 Å². The average Bonchev–Trinajstić information content (AvgIpc) is 3.64. The lowest BCUT2D eigenvalue weighted by Gasteiger charge is -2.14. The maximum absolute atomic E-state index is 5.25. The van der Waals surface area contributed by atoms with Crippen LogP contribution in [-0.4, -0.2) is 19.5 Å². The van der Waals surface area contributed by atoms with Crippen molar-refractivity contribution in [1.29, 1.82) is 0 Å². The van der Waals surface area contributed by atoms with Crippen LogP contribution in [0.1, 0.15) is 28.1 Å². The van der Waals surface area contributed by atoms with Gasteiger partial charge in [0.2, 0.25) is 5.95 Å². The fraction of sp³-hybridized carbons (Fsp3) is 0.0714. The molecule has 1 aliphatic carbocycles. The van der Waals surface area contributed by atoms with Gasteiger partial charge in [-0.15, -0.1) is 0 Å². The van der Waals surface area contributed by atoms with Gasteiger partial charge in [-0.25, -0.2) is 4.98 Å². The second kappa shape index (κ2) is 10.9. The zero-order chi connectivity index (χ0) is 31.4. The van der Waals surface area contributed by atoms with Crippen LogP contribution in [0.2, 0.25) is 0 Å². The Morgan fingerprint density at radius 2 is 1.41 bits per heavy atom. The van der Waals surface area contributed by atoms with E-state index < -0.39 is 0 Å². The number of allylic oxidation sites excluding steroid dienone is 4. The molecule has 2 aromatic heterocycles. The fourth-order valence-electron chi connectivity index (χ4n) is 7.07. The van der Waals surface area contributed by atoms with Gasteiger partial charge in [0.25, 0.3) is 0 Å². The van der Waals surface area contributed by atoms with Crippen molar-refractivity contribution >= 4 is 27.4 Å². The summed E-state index contributed by atoms with van der Waals surface area (Å²) in [7, 11) is 0. The molecule has 7 aromatic rings. The highest BCUT2D eigenvalue weighted by molar-refractivity contribution is 6.12. The average molecular weight is 593 g/mol. The van der Waals surface area contributed by atoms with Crippen molar-refractivity contribution in [2.75, 3.05) is 0 Å². The molecule has 0 saturated heterocycles. The molecule has 0 fully saturated rings. The summed E-state index contributed by atoms with van der Waals surface area (Å²) in [5, 5.41) is 2.36. The third-order valence-electron chi connectivity index (χ3n) is 9.19. The number of rotatable bonds is 6. The van der Waals surface area contributed by atoms with E-state index in [-0.39, 0.29) is 0 Å². The predicted molar refractivity (Wildman–Crippen MR) is 191 cm³/mol. The molecule has 4 heteroatoms. The number of nitrogens with zero attached hydrogens (tertiary/aromatic N) is 4. The van der Waals surface area contributed by atoms with Gasteiger partial charge in [-0.1, -0.05) is 122 Å². The summed E-state index contributed by atoms with van der Waals surface area (Å²) in [6.07, 6.45) is 6.31. The van der Waals surface area contributed by atoms with Gasteiger partial charge in [-0.05, 0) is 76.9 Å². The summed E-state index contributed by atoms with van der Waals surface area (Å²) < 4.78 is 2.18. The summed E-state index contributed by atoms with van der Waals surface area (Å²) in [5.41, 5.74) is 13.9. The lowest BCUT2D eigenvalue weighted by Crippen LogP contribution is -2.08. The van der Waals surface area contributed by atoms with E-state index in [1.54, 1.807) is 12.2 Å². The highest BCUT2D eigenvalue weighted by Gasteiger charge is 2.25. The smallest absolute Gasteiger partial charge is 0.238 e. The predicted octanol–water partition coefficient (Wildman–Crippen LogP) is 10.2. The number of fused-ring (bicyclic) bond motifs is 6. The first-order valence-corrected chi connectivity index (χ1v) is 15.6. The van der Waals surface area contributed by atoms with Gasteiger partial charge in [0, 0.05) is 21.9 Å². The van der Waals surface area contributed by atoms with E-state index in [2.05, 4.69) is 135 Å². The molecule has 8 rings (SSSR count). The Labute approximate surface area is 268 Å². The number of hydrogen-bond donors (Lipinski definition) is 0. The standard InChI is InChI=1S/C42H32N4/c1-5-14-28(6-2)40-43-41(35-21-13-17-30-25-29-16-8-10-19-33(29)39(30)35)45-42(44-40)46-36-22-12-11-20-34(36)38-27(4)32(23-24-37(38)46)31-18-9-7-15-26(31)3/h5-24H,1-2,25H2,3-4H3/b28-14+. The molecule has 0 atom stereocenters. The minimum Gasteiger partial charge on any atom is -0.278 e. The van der Waals surface area contributed by atoms with Crippen molar-refractivity contribution in [1.82, 2.24) is 19.5 Å². The van der Waals surface area contributed by atoms with Crippen LogP contribution in [0, 0.1) is 13.8 Å². The largest absolute Gasteiger partial charge is 0.278 e. The van der Waals surface area contributed by atoms with Crippen molar-refractivity contribution in [3.63, 3.8) is 0 Å². The van der Waals surface area contributed by atoms with Crippen molar-refractivity contribution in [2.24, 2.45) is 0 Å². The minimum absolute atomic E-state index is 0.554. The van der Waals surface area contributed by atoms with Crippen LogP contribution >= 0.6 is 0 Å². The van der Waals surface area contributed by atoms with Crippen molar-refractivity contribution < 1.29 is 0 Å². The molecule has 0 amide bonds. The molecule has 5 aromatic carbocycles. The van der Waals surface area contributed by atoms with Crippen LogP contribution in [0.25, 0.3) is 67.0 Å². The van der Waals surface area contributed by atoms with Crippen LogP contribution in [0.3, 0.4) is 0 Å². The molecule has 0 saturated carbocycles. The van der Waals surface area contributed by atoms with Gasteiger partial charge in [0.15, 0.2) is 11.6 Å². The van der Waals surface area contributed by atoms with Gasteiger partial charge in [-0.2, -0.15) is 9.97 Å². The molecule has 1 aliphatic rings. The minimum atomic E-state index is 0.554. The molecular formula is C42H32N4. The summed E-state index contributed by atoms with van der Waals surface area (Å²) in [4.78, 5) is 15.4. The summed E-state index contributed by atoms with van der Waals surface area (Å²) in [6.45, 7) is 12.4. The topological polar surface area (TPSA) is 43.6 Å². The van der Waals surface area contributed by atoms with Gasteiger partial charge in [-0.3, -0.25) is 4.57 Å². The molecule has 0 unspecified atom stereocenters. The van der Waals surface area contributed by atoms with E-state index in [1.807, 2.05) is 6.08 Å². The molecular weight excluding hydrogens is 560 g/mol. The van der Waals surface area contributed by atoms with E-state index in [1.165, 1.54) is 49.9 Å². The molecule has 0 aliphatic heterocycles. The van der Waals surface area contributed by atoms with Crippen LogP contribution < -0.4 is 0 Å². The SMILES string of the molecule is C=C/C=C(\C=C)c1nc(-c2cccc3c2-c2ccccc2C3)nc(-n2c3ccccc3c3c(C)c(-c4ccccc4C)ccc32)n1. The van der Waals surface area contributed by atoms with Crippen LogP contribution in [-0.2, 0) is 6.42 Å². The number of benzene rings is 5. The lowest BCUT2D eigenvalue weighted by molar-refractivity contribution is 0.932. The zero-order valence-electron chi connectivity index (χ0n) is 26.0. The molecule has 46 heavy (non-hydrogen) atoms. The molecule has 4 nitrogen and oxygen atoms in total. The summed E-state index contributed by atoms with van der Waals surface area (Å²) in [6, 6.07) is 36.6. The maximum Gasteiger partial charge on any atom is 0.238 e. The zero-order valence-corrected chi connectivity index (χ0v) is 26.0. The Morgan fingerprint density at radius 1 is 0.674 bits per heavy atom. The Hall–Kier alpha value is -5.87. The van der Waals surface area contributed by atoms with E-state index in [9.17, 15) is 0 Å². The van der Waals surface area contributed by atoms with E-state index >= 15 is 0 Å². The number of aromatic nitrogens is 4. The third-order valence-corrected chi connectivity index (χ3v) is 9.19. The fourth-order valence-corrected chi connectivity index (χ4v) is 7.07. The normalized spacial score (nSPS) is 12.3. The van der Waals surface area contributed by atoms with Gasteiger partial charge in [0.1, 0.15) is 0 Å². The van der Waals surface area contributed by atoms with Crippen molar-refractivity contribution in [2.45, 2.75) is 20.3 Å². The highest BCUT2D eigenvalue weighted by Crippen LogP contribution is 2.43. The van der Waals surface area contributed by atoms with E-state index in [4.69, 9.17) is 15.0 Å². The van der Waals surface area contributed by atoms with Gasteiger partial charge >= 0.3 is 0 Å². The quantitative estimate of drug-likeness (QED) is 0.180. The summed E-state index contributed by atoms with van der Waals surface area (Å²) >= 11 is 0. The van der Waals surface area contributed by atoms with Crippen molar-refractivity contribution in [3.8, 4) is 39.6 Å². The molecule has 0 bridgehead atoms. The Kier molecular flexibility index (Phi) is 6.58. The first-order valence-electron chi connectivity index (χ1n) is 15.6. The second-order valence-corrected chi connectivity index (χ2v) is 11.8. The second-order valence-electron chi connectivity index (χ2n) is 11.8. The number of aryl methyl sites for hydroxylation is 2. The van der Waals surface area contributed by atoms with Crippen LogP contribution in [0.15, 0.2) is 135 Å². The molecule has 0 radical (unpaired) electrons. The molecule has 0 spiro atoms. The third kappa shape index (κ3) is 4.26. The molecule has 0 N–H and O–H groups in total. The molecule has 2 heterocycles. The monoisotopic (exact) mass is 592 g/mol. The maximum atomic E-state index is 5.25. The number of hydrogen-bond acceptors (Lipinski definition) is 3. The number of para-hydroxylation sites is 1. The van der Waals surface area contributed by atoms with Crippen LogP contribution in [0.4, 0.5) is 0 Å². The Bertz CT molecular complexity index is 2410. The lowest BCUT2D eigenvalue weighted by atomic mass is 9.94. The van der Waals surface area contributed by atoms with Gasteiger partial charge in [0.05, 0.1) is 11.0 Å². The van der Waals surface area contributed by atoms with Gasteiger partial charge < -0.3 is 0 Å². The first kappa shape index (κ1) is 27.7. The Morgan fingerprint density at radius 3 is 2.24 bits per heavy atom. The first-order chi connectivity index (χ1) is 22.6. The molecule has 220 valence electrons. The highest BCUT2D eigenvalue weighted by atomic mass is 15.2. The summed E-state index contributed by atoms with van der Waals surface area (Å²) in [5.74, 6) is 1.75.